The van der Waals surface area contributed by atoms with Crippen LogP contribution in [0.2, 0.25) is 0 Å². The molecule has 5 rings (SSSR count). The Labute approximate surface area is 223 Å². The molecule has 0 fully saturated rings. The molecule has 12 nitrogen and oxygen atoms in total. The van der Waals surface area contributed by atoms with Crippen molar-refractivity contribution in [1.29, 1.82) is 0 Å². The predicted octanol–water partition coefficient (Wildman–Crippen LogP) is 3.37. The van der Waals surface area contributed by atoms with Gasteiger partial charge in [0.05, 0.1) is 18.7 Å². The predicted molar refractivity (Wildman–Crippen MR) is 150 cm³/mol. The molecule has 2 heterocycles. The van der Waals surface area contributed by atoms with Gasteiger partial charge in [0.15, 0.2) is 0 Å². The Morgan fingerprint density at radius 2 is 1.10 bits per heavy atom. The average Bonchev–Trinajstić information content (AvgIpc) is 3.64. The van der Waals surface area contributed by atoms with Gasteiger partial charge >= 0.3 is 18.0 Å². The number of amidine groups is 2. The van der Waals surface area contributed by atoms with Crippen molar-refractivity contribution in [2.45, 2.75) is 0 Å². The summed E-state index contributed by atoms with van der Waals surface area (Å²) in [7, 11) is 0. The highest BCUT2D eigenvalue weighted by molar-refractivity contribution is 6.06. The molecule has 0 saturated heterocycles. The van der Waals surface area contributed by atoms with Crippen molar-refractivity contribution >= 4 is 52.5 Å². The quantitative estimate of drug-likeness (QED) is 0.249. The van der Waals surface area contributed by atoms with Crippen LogP contribution in [0, 0.1) is 0 Å². The molecule has 2 aliphatic rings. The number of rotatable bonds is 7. The summed E-state index contributed by atoms with van der Waals surface area (Å²) in [6, 6.07) is 17.3. The minimum Gasteiger partial charge on any atom is -0.478 e. The van der Waals surface area contributed by atoms with Gasteiger partial charge in [0, 0.05) is 47.0 Å². The number of nitrogens with one attached hydrogen (secondary N) is 6. The molecule has 39 heavy (non-hydrogen) atoms. The summed E-state index contributed by atoms with van der Waals surface area (Å²) in [6.07, 6.45) is 0. The van der Waals surface area contributed by atoms with Crippen LogP contribution < -0.4 is 31.9 Å². The molecule has 0 aromatic heterocycles. The van der Waals surface area contributed by atoms with E-state index < -0.39 is 18.0 Å². The number of benzene rings is 3. The van der Waals surface area contributed by atoms with Crippen molar-refractivity contribution < 1.29 is 19.5 Å². The number of amides is 4. The van der Waals surface area contributed by atoms with Crippen molar-refractivity contribution in [2.75, 3.05) is 47.4 Å². The van der Waals surface area contributed by atoms with Crippen molar-refractivity contribution in [2.24, 2.45) is 9.98 Å². The Balaban J connectivity index is 1.25. The lowest BCUT2D eigenvalue weighted by Gasteiger charge is -2.13. The molecule has 0 unspecified atom stereocenters. The molecular formula is C27H26N8O4. The lowest BCUT2D eigenvalue weighted by Crippen LogP contribution is -2.22. The minimum atomic E-state index is -1.21. The lowest BCUT2D eigenvalue weighted by atomic mass is 10.1. The van der Waals surface area contributed by atoms with Gasteiger partial charge in [0.1, 0.15) is 11.7 Å². The van der Waals surface area contributed by atoms with Gasteiger partial charge in [0.2, 0.25) is 0 Å². The number of anilines is 4. The second-order valence-corrected chi connectivity index (χ2v) is 8.74. The molecular weight excluding hydrogens is 500 g/mol. The molecule has 0 radical (unpaired) electrons. The molecule has 0 aliphatic carbocycles. The second kappa shape index (κ2) is 11.3. The van der Waals surface area contributed by atoms with Crippen LogP contribution in [0.5, 0.6) is 0 Å². The van der Waals surface area contributed by atoms with E-state index in [1.807, 2.05) is 12.1 Å². The van der Waals surface area contributed by atoms with Crippen LogP contribution in [-0.4, -0.2) is 61.0 Å². The summed E-state index contributed by atoms with van der Waals surface area (Å²) < 4.78 is 0. The number of urea groups is 2. The minimum absolute atomic E-state index is 0.109. The maximum absolute atomic E-state index is 12.7. The Morgan fingerprint density at radius 3 is 1.51 bits per heavy atom. The fraction of sp³-hybridized carbons (Fsp3) is 0.148. The van der Waals surface area contributed by atoms with Crippen LogP contribution in [0.1, 0.15) is 21.5 Å². The van der Waals surface area contributed by atoms with Crippen LogP contribution in [0.3, 0.4) is 0 Å². The van der Waals surface area contributed by atoms with Gasteiger partial charge in [-0.1, -0.05) is 24.3 Å². The van der Waals surface area contributed by atoms with E-state index in [9.17, 15) is 19.5 Å². The zero-order valence-electron chi connectivity index (χ0n) is 20.7. The van der Waals surface area contributed by atoms with Gasteiger partial charge in [-0.15, -0.1) is 0 Å². The molecule has 0 atom stereocenters. The zero-order chi connectivity index (χ0) is 27.2. The highest BCUT2D eigenvalue weighted by Crippen LogP contribution is 2.21. The third kappa shape index (κ3) is 6.49. The fourth-order valence-electron chi connectivity index (χ4n) is 4.15. The molecule has 0 saturated carbocycles. The first-order chi connectivity index (χ1) is 18.9. The van der Waals surface area contributed by atoms with Crippen LogP contribution in [0.15, 0.2) is 76.7 Å². The lowest BCUT2D eigenvalue weighted by molar-refractivity contribution is 0.0697. The topological polar surface area (TPSA) is 168 Å². The maximum atomic E-state index is 12.7. The van der Waals surface area contributed by atoms with E-state index in [-0.39, 0.29) is 16.9 Å². The Bertz CT molecular complexity index is 1400. The molecule has 2 aliphatic heterocycles. The average molecular weight is 527 g/mol. The van der Waals surface area contributed by atoms with Crippen molar-refractivity contribution in [3.8, 4) is 0 Å². The third-order valence-corrected chi connectivity index (χ3v) is 5.83. The summed E-state index contributed by atoms with van der Waals surface area (Å²) in [5, 5.41) is 26.6. The molecule has 3 aromatic carbocycles. The van der Waals surface area contributed by atoms with Gasteiger partial charge in [-0.2, -0.15) is 0 Å². The standard InChI is InChI=1S/C27H26N8O4/c36-25(37)18-13-21(34-26(38)32-19-5-1-3-16(11-19)23-28-7-8-29-23)15-22(14-18)35-27(39)33-20-6-2-4-17(12-20)24-30-9-10-31-24/h1-6,11-15H,7-10H2,(H,28,29)(H,30,31)(H,36,37)(H2,32,34,38)(H2,33,35,39). The number of aliphatic imine (C=N–C) groups is 2. The molecule has 3 aromatic rings. The summed E-state index contributed by atoms with van der Waals surface area (Å²) in [4.78, 5) is 45.8. The largest absolute Gasteiger partial charge is 0.478 e. The third-order valence-electron chi connectivity index (χ3n) is 5.83. The number of carbonyl (C=O) groups excluding carboxylic acids is 2. The van der Waals surface area contributed by atoms with Gasteiger partial charge in [-0.25, -0.2) is 14.4 Å². The Kier molecular flexibility index (Phi) is 7.35. The van der Waals surface area contributed by atoms with E-state index >= 15 is 0 Å². The summed E-state index contributed by atoms with van der Waals surface area (Å²) >= 11 is 0. The highest BCUT2D eigenvalue weighted by Gasteiger charge is 2.14. The molecule has 7 N–H and O–H groups in total. The molecule has 198 valence electrons. The van der Waals surface area contributed by atoms with Gasteiger partial charge in [-0.3, -0.25) is 9.98 Å². The highest BCUT2D eigenvalue weighted by atomic mass is 16.4. The first-order valence-corrected chi connectivity index (χ1v) is 12.2. The fourth-order valence-corrected chi connectivity index (χ4v) is 4.15. The number of carbonyl (C=O) groups is 3. The first kappa shape index (κ1) is 25.3. The number of aromatic carboxylic acids is 1. The molecule has 0 spiro atoms. The SMILES string of the molecule is O=C(Nc1cc(NC(=O)Nc2cccc(C3=NCCN3)c2)cc(C(=O)O)c1)Nc1cccc(C2=NCCN2)c1. The van der Waals surface area contributed by atoms with E-state index in [1.54, 1.807) is 36.4 Å². The smallest absolute Gasteiger partial charge is 0.335 e. The van der Waals surface area contributed by atoms with E-state index in [0.717, 1.165) is 35.9 Å². The number of hydrogen-bond acceptors (Lipinski definition) is 7. The van der Waals surface area contributed by atoms with Gasteiger partial charge in [0.25, 0.3) is 0 Å². The van der Waals surface area contributed by atoms with E-state index in [4.69, 9.17) is 0 Å². The number of carboxylic acids is 1. The van der Waals surface area contributed by atoms with Gasteiger partial charge in [-0.05, 0) is 42.5 Å². The van der Waals surface area contributed by atoms with E-state index in [1.165, 1.54) is 18.2 Å². The summed E-state index contributed by atoms with van der Waals surface area (Å²) in [5.41, 5.74) is 3.02. The molecule has 4 amide bonds. The number of nitrogens with zero attached hydrogens (tertiary/aromatic N) is 2. The summed E-state index contributed by atoms with van der Waals surface area (Å²) in [5.74, 6) is 0.313. The van der Waals surface area contributed by atoms with E-state index in [2.05, 4.69) is 41.9 Å². The Hall–Kier alpha value is -5.39. The van der Waals surface area contributed by atoms with Crippen LogP contribution >= 0.6 is 0 Å². The Morgan fingerprint density at radius 1 is 0.641 bits per heavy atom. The van der Waals surface area contributed by atoms with Crippen LogP contribution in [0.4, 0.5) is 32.3 Å². The molecule has 0 bridgehead atoms. The normalized spacial score (nSPS) is 13.8. The zero-order valence-corrected chi connectivity index (χ0v) is 20.7. The van der Waals surface area contributed by atoms with Crippen LogP contribution in [0.25, 0.3) is 0 Å². The summed E-state index contributed by atoms with van der Waals surface area (Å²) in [6.45, 7) is 2.92. The van der Waals surface area contributed by atoms with Crippen molar-refractivity contribution in [3.05, 3.63) is 83.4 Å². The van der Waals surface area contributed by atoms with E-state index in [0.29, 0.717) is 24.5 Å². The van der Waals surface area contributed by atoms with Crippen LogP contribution in [-0.2, 0) is 0 Å². The molecule has 12 heteroatoms. The maximum Gasteiger partial charge on any atom is 0.335 e. The second-order valence-electron chi connectivity index (χ2n) is 8.74. The van der Waals surface area contributed by atoms with Crippen molar-refractivity contribution in [1.82, 2.24) is 10.6 Å². The van der Waals surface area contributed by atoms with Crippen molar-refractivity contribution in [3.63, 3.8) is 0 Å². The number of hydrogen-bond donors (Lipinski definition) is 7. The monoisotopic (exact) mass is 526 g/mol. The van der Waals surface area contributed by atoms with Gasteiger partial charge < -0.3 is 37.0 Å². The number of carboxylic acid groups (broad SMARTS) is 1. The first-order valence-electron chi connectivity index (χ1n) is 12.2.